The molecule has 3 heterocycles. The van der Waals surface area contributed by atoms with Gasteiger partial charge in [0.05, 0.1) is 13.2 Å². The van der Waals surface area contributed by atoms with Gasteiger partial charge in [-0.3, -0.25) is 4.79 Å². The van der Waals surface area contributed by atoms with Crippen molar-refractivity contribution < 1.29 is 23.0 Å². The highest BCUT2D eigenvalue weighted by molar-refractivity contribution is 6.03. The van der Waals surface area contributed by atoms with Crippen molar-refractivity contribution in [2.45, 2.75) is 18.6 Å². The summed E-state index contributed by atoms with van der Waals surface area (Å²) in [5, 5.41) is 2.23. The Morgan fingerprint density at radius 2 is 1.78 bits per heavy atom. The number of piperidine rings is 1. The van der Waals surface area contributed by atoms with E-state index < -0.39 is 29.0 Å². The minimum absolute atomic E-state index is 0.0244. The van der Waals surface area contributed by atoms with Crippen LogP contribution in [0.3, 0.4) is 0 Å². The maximum atomic E-state index is 13.7. The first kappa shape index (κ1) is 17.7. The number of carbonyl (C=O) groups is 1. The number of rotatable bonds is 3. The number of benzene rings is 1. The van der Waals surface area contributed by atoms with Gasteiger partial charge in [0.15, 0.2) is 5.79 Å². The molecule has 4 rings (SSSR count). The van der Waals surface area contributed by atoms with Crippen LogP contribution >= 0.6 is 0 Å². The molecule has 0 unspecified atom stereocenters. The van der Waals surface area contributed by atoms with Crippen molar-refractivity contribution in [1.82, 2.24) is 9.97 Å². The van der Waals surface area contributed by atoms with Crippen LogP contribution in [-0.2, 0) is 9.47 Å². The van der Waals surface area contributed by atoms with Crippen LogP contribution in [0.5, 0.6) is 0 Å². The summed E-state index contributed by atoms with van der Waals surface area (Å²) in [6, 6.07) is 4.87. The van der Waals surface area contributed by atoms with E-state index in [1.54, 1.807) is 0 Å². The lowest BCUT2D eigenvalue weighted by molar-refractivity contribution is -0.169. The average molecular weight is 376 g/mol. The van der Waals surface area contributed by atoms with Crippen molar-refractivity contribution in [3.63, 3.8) is 0 Å². The van der Waals surface area contributed by atoms with Gasteiger partial charge in [-0.2, -0.15) is 0 Å². The molecule has 1 aromatic carbocycles. The molecule has 0 aliphatic carbocycles. The van der Waals surface area contributed by atoms with Crippen molar-refractivity contribution >= 4 is 17.4 Å². The lowest BCUT2D eigenvalue weighted by atomic mass is 10.0. The summed E-state index contributed by atoms with van der Waals surface area (Å²) in [6.45, 7) is 2.51. The topological polar surface area (TPSA) is 76.6 Å². The lowest BCUT2D eigenvalue weighted by Crippen LogP contribution is -2.45. The molecule has 1 amide bonds. The number of hydrogen-bond acceptors (Lipinski definition) is 6. The number of nitrogens with zero attached hydrogens (tertiary/aromatic N) is 3. The molecular formula is C18H18F2N4O3. The summed E-state index contributed by atoms with van der Waals surface area (Å²) < 4.78 is 38.8. The highest BCUT2D eigenvalue weighted by Crippen LogP contribution is 2.32. The van der Waals surface area contributed by atoms with E-state index in [0.717, 1.165) is 12.1 Å². The monoisotopic (exact) mass is 376 g/mol. The smallest absolute Gasteiger partial charge is 0.274 e. The Kier molecular flexibility index (Phi) is 4.71. The maximum absolute atomic E-state index is 13.7. The highest BCUT2D eigenvalue weighted by Gasteiger charge is 2.40. The Bertz CT molecular complexity index is 828. The molecule has 0 radical (unpaired) electrons. The number of ether oxygens (including phenoxy) is 2. The van der Waals surface area contributed by atoms with Crippen LogP contribution in [0.2, 0.25) is 0 Å². The number of amides is 1. The number of halogens is 2. The summed E-state index contributed by atoms with van der Waals surface area (Å²) in [5.41, 5.74) is -0.477. The summed E-state index contributed by atoms with van der Waals surface area (Å²) in [7, 11) is 0. The zero-order chi connectivity index (χ0) is 18.9. The molecule has 1 aromatic heterocycles. The normalized spacial score (nSPS) is 18.7. The molecule has 142 valence electrons. The van der Waals surface area contributed by atoms with Gasteiger partial charge in [0.25, 0.3) is 5.91 Å². The van der Waals surface area contributed by atoms with Crippen LogP contribution in [0.4, 0.5) is 20.3 Å². The van der Waals surface area contributed by atoms with Crippen LogP contribution in [0, 0.1) is 11.6 Å². The Morgan fingerprint density at radius 3 is 2.44 bits per heavy atom. The van der Waals surface area contributed by atoms with Gasteiger partial charge < -0.3 is 19.7 Å². The number of nitrogens with one attached hydrogen (secondary N) is 1. The van der Waals surface area contributed by atoms with Crippen LogP contribution in [0.1, 0.15) is 23.3 Å². The number of para-hydroxylation sites is 1. The molecule has 2 aliphatic heterocycles. The zero-order valence-electron chi connectivity index (χ0n) is 14.5. The Labute approximate surface area is 154 Å². The molecule has 2 fully saturated rings. The van der Waals surface area contributed by atoms with E-state index in [9.17, 15) is 13.6 Å². The molecule has 1 spiro atoms. The zero-order valence-corrected chi connectivity index (χ0v) is 14.5. The van der Waals surface area contributed by atoms with Crippen LogP contribution < -0.4 is 10.2 Å². The second kappa shape index (κ2) is 7.16. The van der Waals surface area contributed by atoms with Crippen LogP contribution in [-0.4, -0.2) is 48.0 Å². The maximum Gasteiger partial charge on any atom is 0.274 e. The van der Waals surface area contributed by atoms with Gasteiger partial charge in [-0.1, -0.05) is 6.07 Å². The van der Waals surface area contributed by atoms with Gasteiger partial charge in [-0.15, -0.1) is 0 Å². The van der Waals surface area contributed by atoms with E-state index in [4.69, 9.17) is 9.47 Å². The van der Waals surface area contributed by atoms with Gasteiger partial charge in [0, 0.05) is 32.0 Å². The fraction of sp³-hybridized carbons (Fsp3) is 0.389. The highest BCUT2D eigenvalue weighted by atomic mass is 19.1. The Balaban J connectivity index is 1.47. The molecule has 1 N–H and O–H groups in total. The molecule has 2 saturated heterocycles. The molecule has 2 aliphatic rings. The number of carbonyl (C=O) groups excluding carboxylic acids is 1. The molecule has 0 atom stereocenters. The molecule has 27 heavy (non-hydrogen) atoms. The SMILES string of the molecule is O=C(Nc1c(F)cccc1F)c1cc(N2CCC3(CC2)OCCO3)ncn1. The molecule has 7 nitrogen and oxygen atoms in total. The fourth-order valence-electron chi connectivity index (χ4n) is 3.30. The van der Waals surface area contributed by atoms with E-state index in [1.165, 1.54) is 18.5 Å². The van der Waals surface area contributed by atoms with Crippen molar-refractivity contribution in [3.05, 3.63) is 47.9 Å². The quantitative estimate of drug-likeness (QED) is 0.886. The summed E-state index contributed by atoms with van der Waals surface area (Å²) >= 11 is 0. The molecule has 0 saturated carbocycles. The van der Waals surface area contributed by atoms with E-state index in [2.05, 4.69) is 15.3 Å². The van der Waals surface area contributed by atoms with Crippen molar-refractivity contribution in [3.8, 4) is 0 Å². The van der Waals surface area contributed by atoms with Gasteiger partial charge in [0.1, 0.15) is 35.2 Å². The third-order valence-corrected chi connectivity index (χ3v) is 4.75. The molecule has 0 bridgehead atoms. The third-order valence-electron chi connectivity index (χ3n) is 4.75. The molecule has 9 heteroatoms. The second-order valence-electron chi connectivity index (χ2n) is 6.41. The number of aromatic nitrogens is 2. The minimum atomic E-state index is -0.851. The van der Waals surface area contributed by atoms with Crippen molar-refractivity contribution in [1.29, 1.82) is 0 Å². The number of anilines is 2. The van der Waals surface area contributed by atoms with E-state index in [0.29, 0.717) is 45.0 Å². The molecular weight excluding hydrogens is 358 g/mol. The van der Waals surface area contributed by atoms with Crippen LogP contribution in [0.25, 0.3) is 0 Å². The summed E-state index contributed by atoms with van der Waals surface area (Å²) in [5.74, 6) is -2.35. The first-order chi connectivity index (χ1) is 13.1. The Hall–Kier alpha value is -2.65. The summed E-state index contributed by atoms with van der Waals surface area (Å²) in [4.78, 5) is 22.5. The minimum Gasteiger partial charge on any atom is -0.356 e. The lowest BCUT2D eigenvalue weighted by Gasteiger charge is -2.38. The van der Waals surface area contributed by atoms with Crippen LogP contribution in [0.15, 0.2) is 30.6 Å². The first-order valence-corrected chi connectivity index (χ1v) is 8.67. The average Bonchev–Trinajstić information content (AvgIpc) is 3.13. The van der Waals surface area contributed by atoms with E-state index >= 15 is 0 Å². The number of hydrogen-bond donors (Lipinski definition) is 1. The van der Waals surface area contributed by atoms with Gasteiger partial charge in [-0.05, 0) is 12.1 Å². The second-order valence-corrected chi connectivity index (χ2v) is 6.41. The summed E-state index contributed by atoms with van der Waals surface area (Å²) in [6.07, 6.45) is 2.65. The van der Waals surface area contributed by atoms with Gasteiger partial charge in [-0.25, -0.2) is 18.7 Å². The standard InChI is InChI=1S/C18H18F2N4O3/c19-12-2-1-3-13(20)16(12)23-17(25)14-10-15(22-11-21-14)24-6-4-18(5-7-24)26-8-9-27-18/h1-3,10-11H,4-9H2,(H,23,25). The largest absolute Gasteiger partial charge is 0.356 e. The Morgan fingerprint density at radius 1 is 1.11 bits per heavy atom. The predicted octanol–water partition coefficient (Wildman–Crippen LogP) is 2.35. The first-order valence-electron chi connectivity index (χ1n) is 8.67. The van der Waals surface area contributed by atoms with Gasteiger partial charge in [0.2, 0.25) is 0 Å². The van der Waals surface area contributed by atoms with E-state index in [-0.39, 0.29) is 5.69 Å². The van der Waals surface area contributed by atoms with Crippen molar-refractivity contribution in [2.75, 3.05) is 36.5 Å². The molecule has 2 aromatic rings. The fourth-order valence-corrected chi connectivity index (χ4v) is 3.30. The third kappa shape index (κ3) is 3.60. The van der Waals surface area contributed by atoms with E-state index in [1.807, 2.05) is 4.90 Å². The van der Waals surface area contributed by atoms with Crippen molar-refractivity contribution in [2.24, 2.45) is 0 Å². The predicted molar refractivity (Wildman–Crippen MR) is 92.4 cm³/mol. The van der Waals surface area contributed by atoms with Gasteiger partial charge >= 0.3 is 0 Å².